The van der Waals surface area contributed by atoms with Crippen LogP contribution in [0.3, 0.4) is 0 Å². The molecule has 2 aromatic carbocycles. The fourth-order valence-corrected chi connectivity index (χ4v) is 6.50. The number of rotatable bonds is 3. The minimum Gasteiger partial charge on any atom is -0.452 e. The number of nitrogens with two attached hydrogens (primary N) is 1. The molecular formula is C37H54I2N2O6. The summed E-state index contributed by atoms with van der Waals surface area (Å²) in [7, 11) is 0. The van der Waals surface area contributed by atoms with Crippen molar-refractivity contribution in [1.29, 1.82) is 0 Å². The van der Waals surface area contributed by atoms with Crippen LogP contribution >= 0.6 is 45.2 Å². The highest BCUT2D eigenvalue weighted by atomic mass is 127. The molecule has 2 aromatic rings. The van der Waals surface area contributed by atoms with Gasteiger partial charge in [-0.05, 0) is 205 Å². The van der Waals surface area contributed by atoms with Crippen molar-refractivity contribution < 1.29 is 28.6 Å². The van der Waals surface area contributed by atoms with Crippen molar-refractivity contribution in [3.05, 3.63) is 65.8 Å². The maximum absolute atomic E-state index is 11.7. The number of alkyl carbamates (subject to hydrolysis) is 1. The summed E-state index contributed by atoms with van der Waals surface area (Å²) in [6.45, 7) is 17.2. The minimum absolute atomic E-state index is 0.324. The SMILES string of the molecule is CC(C)(C)OC(=O)C(=O)OC(C)(C)C.CC(C)(C)OC(=O)NC[C@@H]1CCCc2cc(I)ccc21.NC[C@@H]1CCCc2cc(I)ccc21. The predicted octanol–water partition coefficient (Wildman–Crippen LogP) is 8.58. The molecule has 0 unspecified atom stereocenters. The van der Waals surface area contributed by atoms with Crippen LogP contribution in [-0.2, 0) is 36.6 Å². The molecule has 0 heterocycles. The molecule has 0 radical (unpaired) electrons. The number of nitrogens with one attached hydrogen (secondary N) is 1. The summed E-state index contributed by atoms with van der Waals surface area (Å²) in [5.41, 5.74) is 9.80. The van der Waals surface area contributed by atoms with Crippen LogP contribution < -0.4 is 11.1 Å². The lowest BCUT2D eigenvalue weighted by Gasteiger charge is -2.27. The largest absolute Gasteiger partial charge is 0.452 e. The summed E-state index contributed by atoms with van der Waals surface area (Å²) in [6, 6.07) is 13.4. The Morgan fingerprint density at radius 2 is 1.11 bits per heavy atom. The molecule has 47 heavy (non-hydrogen) atoms. The van der Waals surface area contributed by atoms with E-state index >= 15 is 0 Å². The Balaban J connectivity index is 0.000000253. The van der Waals surface area contributed by atoms with E-state index < -0.39 is 28.7 Å². The standard InChI is InChI=1S/C16H22INO2.C11H14IN.C10H18O4/c1-16(2,3)20-15(19)18-10-12-6-4-5-11-9-13(17)7-8-14(11)12;12-10-4-5-11-8(6-10)2-1-3-9(11)7-13;1-9(2,3)13-7(11)8(12)14-10(4,5)6/h7-9,12H,4-6,10H2,1-3H3,(H,18,19);4-6,9H,1-3,7,13H2;1-6H3/t12-;9-;/m00./s1. The minimum atomic E-state index is -0.951. The van der Waals surface area contributed by atoms with Crippen molar-refractivity contribution in [1.82, 2.24) is 5.32 Å². The number of halogens is 2. The first kappa shape index (κ1) is 41.2. The smallest absolute Gasteiger partial charge is 0.418 e. The van der Waals surface area contributed by atoms with Gasteiger partial charge in [-0.25, -0.2) is 14.4 Å². The number of hydrogen-bond donors (Lipinski definition) is 2. The van der Waals surface area contributed by atoms with E-state index in [1.807, 2.05) is 20.8 Å². The van der Waals surface area contributed by atoms with Crippen LogP contribution in [0, 0.1) is 7.14 Å². The third-order valence-electron chi connectivity index (χ3n) is 7.23. The average molecular weight is 877 g/mol. The molecule has 0 saturated carbocycles. The Hall–Kier alpha value is -1.93. The molecule has 3 N–H and O–H groups in total. The van der Waals surface area contributed by atoms with Crippen LogP contribution in [0.2, 0.25) is 0 Å². The number of carbonyl (C=O) groups excluding carboxylic acids is 3. The van der Waals surface area contributed by atoms with Crippen LogP contribution in [0.5, 0.6) is 0 Å². The number of esters is 2. The second-order valence-electron chi connectivity index (χ2n) is 15.0. The van der Waals surface area contributed by atoms with Crippen molar-refractivity contribution in [2.75, 3.05) is 13.1 Å². The van der Waals surface area contributed by atoms with Gasteiger partial charge in [-0.2, -0.15) is 0 Å². The first-order valence-corrected chi connectivity index (χ1v) is 18.5. The van der Waals surface area contributed by atoms with Gasteiger partial charge in [0.25, 0.3) is 0 Å². The van der Waals surface area contributed by atoms with Gasteiger partial charge in [0.2, 0.25) is 0 Å². The van der Waals surface area contributed by atoms with E-state index in [0.29, 0.717) is 18.4 Å². The highest BCUT2D eigenvalue weighted by molar-refractivity contribution is 14.1. The Morgan fingerprint density at radius 1 is 0.702 bits per heavy atom. The quantitative estimate of drug-likeness (QED) is 0.137. The molecule has 0 saturated heterocycles. The molecule has 262 valence electrons. The summed E-state index contributed by atoms with van der Waals surface area (Å²) >= 11 is 4.72. The molecule has 0 aliphatic heterocycles. The molecule has 0 spiro atoms. The number of carbonyl (C=O) groups is 3. The summed E-state index contributed by atoms with van der Waals surface area (Å²) in [5.74, 6) is -0.885. The maximum atomic E-state index is 11.7. The fourth-order valence-electron chi connectivity index (χ4n) is 5.38. The zero-order valence-electron chi connectivity index (χ0n) is 29.6. The lowest BCUT2D eigenvalue weighted by Crippen LogP contribution is -2.35. The number of hydrogen-bond acceptors (Lipinski definition) is 7. The van der Waals surface area contributed by atoms with Gasteiger partial charge in [0, 0.05) is 19.6 Å². The number of benzene rings is 2. The second kappa shape index (κ2) is 18.2. The number of amides is 1. The highest BCUT2D eigenvalue weighted by Gasteiger charge is 2.28. The number of fused-ring (bicyclic) bond motifs is 2. The van der Waals surface area contributed by atoms with Gasteiger partial charge in [0.05, 0.1) is 0 Å². The lowest BCUT2D eigenvalue weighted by atomic mass is 9.83. The first-order chi connectivity index (χ1) is 21.7. The molecule has 2 aliphatic rings. The molecule has 0 aromatic heterocycles. The zero-order valence-corrected chi connectivity index (χ0v) is 33.9. The van der Waals surface area contributed by atoms with Gasteiger partial charge in [-0.1, -0.05) is 12.1 Å². The molecule has 0 fully saturated rings. The van der Waals surface area contributed by atoms with Crippen LogP contribution in [0.25, 0.3) is 0 Å². The molecule has 8 nitrogen and oxygen atoms in total. The highest BCUT2D eigenvalue weighted by Crippen LogP contribution is 2.33. The Kier molecular flexibility index (Phi) is 15.9. The third-order valence-corrected chi connectivity index (χ3v) is 8.57. The lowest BCUT2D eigenvalue weighted by molar-refractivity contribution is -0.180. The van der Waals surface area contributed by atoms with Crippen molar-refractivity contribution in [2.24, 2.45) is 5.73 Å². The summed E-state index contributed by atoms with van der Waals surface area (Å²) in [4.78, 5) is 34.0. The molecular weight excluding hydrogens is 822 g/mol. The molecule has 2 aliphatic carbocycles. The van der Waals surface area contributed by atoms with E-state index in [-0.39, 0.29) is 6.09 Å². The summed E-state index contributed by atoms with van der Waals surface area (Å²) in [6.07, 6.45) is 6.95. The van der Waals surface area contributed by atoms with Crippen LogP contribution in [0.15, 0.2) is 36.4 Å². The van der Waals surface area contributed by atoms with Gasteiger partial charge in [-0.15, -0.1) is 0 Å². The molecule has 0 bridgehead atoms. The number of ether oxygens (including phenoxy) is 3. The molecule has 1 amide bonds. The van der Waals surface area contributed by atoms with Gasteiger partial charge in [0.1, 0.15) is 16.8 Å². The van der Waals surface area contributed by atoms with Gasteiger partial charge in [0.15, 0.2) is 0 Å². The maximum Gasteiger partial charge on any atom is 0.418 e. The Bertz CT molecular complexity index is 1330. The molecule has 10 heteroatoms. The van der Waals surface area contributed by atoms with Crippen molar-refractivity contribution in [2.45, 2.75) is 129 Å². The van der Waals surface area contributed by atoms with Crippen LogP contribution in [0.4, 0.5) is 4.79 Å². The zero-order chi connectivity index (χ0) is 35.6. The monoisotopic (exact) mass is 876 g/mol. The van der Waals surface area contributed by atoms with Crippen molar-refractivity contribution >= 4 is 63.2 Å². The second-order valence-corrected chi connectivity index (χ2v) is 17.5. The van der Waals surface area contributed by atoms with Gasteiger partial charge >= 0.3 is 18.0 Å². The molecule has 2 atom stereocenters. The average Bonchev–Trinajstić information content (AvgIpc) is 2.93. The van der Waals surface area contributed by atoms with E-state index in [1.165, 1.54) is 55.1 Å². The van der Waals surface area contributed by atoms with E-state index in [4.69, 9.17) is 19.9 Å². The van der Waals surface area contributed by atoms with E-state index in [0.717, 1.165) is 19.4 Å². The third kappa shape index (κ3) is 15.9. The first-order valence-electron chi connectivity index (χ1n) is 16.4. The van der Waals surface area contributed by atoms with Crippen molar-refractivity contribution in [3.63, 3.8) is 0 Å². The van der Waals surface area contributed by atoms with E-state index in [2.05, 4.69) is 86.9 Å². The van der Waals surface area contributed by atoms with E-state index in [9.17, 15) is 14.4 Å². The molecule has 4 rings (SSSR count). The van der Waals surface area contributed by atoms with Crippen molar-refractivity contribution in [3.8, 4) is 0 Å². The normalized spacial score (nSPS) is 17.3. The number of aryl methyl sites for hydroxylation is 2. The van der Waals surface area contributed by atoms with Crippen LogP contribution in [0.1, 0.15) is 122 Å². The van der Waals surface area contributed by atoms with E-state index in [1.54, 1.807) is 41.5 Å². The Labute approximate surface area is 309 Å². The summed E-state index contributed by atoms with van der Waals surface area (Å²) < 4.78 is 17.6. The summed E-state index contributed by atoms with van der Waals surface area (Å²) in [5, 5.41) is 2.90. The van der Waals surface area contributed by atoms with Gasteiger partial charge in [-0.3, -0.25) is 0 Å². The topological polar surface area (TPSA) is 117 Å². The Morgan fingerprint density at radius 3 is 1.51 bits per heavy atom. The fraction of sp³-hybridized carbons (Fsp3) is 0.595. The predicted molar refractivity (Wildman–Crippen MR) is 205 cm³/mol. The van der Waals surface area contributed by atoms with Gasteiger partial charge < -0.3 is 25.3 Å². The van der Waals surface area contributed by atoms with Crippen LogP contribution in [-0.4, -0.2) is 47.9 Å².